The fraction of sp³-hybridized carbons (Fsp3) is 0.273. The summed E-state index contributed by atoms with van der Waals surface area (Å²) in [7, 11) is 0. The summed E-state index contributed by atoms with van der Waals surface area (Å²) in [5.41, 5.74) is 0.637. The number of nitrogens with one attached hydrogen (secondary N) is 1. The van der Waals surface area contributed by atoms with Gasteiger partial charge in [-0.1, -0.05) is 37.5 Å². The number of aromatic carboxylic acids is 1. The molecule has 1 aliphatic carbocycles. The van der Waals surface area contributed by atoms with Crippen LogP contribution in [0, 0.1) is 0 Å². The zero-order chi connectivity index (χ0) is 20.5. The highest BCUT2D eigenvalue weighted by Crippen LogP contribution is 2.31. The van der Waals surface area contributed by atoms with Crippen LogP contribution in [0.2, 0.25) is 0 Å². The average Bonchev–Trinajstić information content (AvgIpc) is 2.98. The number of nitrogens with zero attached hydrogens (tertiary/aromatic N) is 1. The number of para-hydroxylation sites is 1. The Morgan fingerprint density at radius 3 is 2.34 bits per heavy atom. The van der Waals surface area contributed by atoms with E-state index < -0.39 is 11.9 Å². The Kier molecular flexibility index (Phi) is 4.88. The molecule has 2 aromatic rings. The third-order valence-corrected chi connectivity index (χ3v) is 5.52. The highest BCUT2D eigenvalue weighted by molar-refractivity contribution is 6.22. The van der Waals surface area contributed by atoms with Crippen molar-refractivity contribution in [2.24, 2.45) is 0 Å². The van der Waals surface area contributed by atoms with E-state index in [1.807, 2.05) is 0 Å². The van der Waals surface area contributed by atoms with Gasteiger partial charge in [0.25, 0.3) is 17.7 Å². The van der Waals surface area contributed by atoms with Gasteiger partial charge in [0.2, 0.25) is 0 Å². The highest BCUT2D eigenvalue weighted by atomic mass is 16.4. The number of amides is 3. The van der Waals surface area contributed by atoms with Crippen molar-refractivity contribution in [3.63, 3.8) is 0 Å². The lowest BCUT2D eigenvalue weighted by atomic mass is 9.94. The lowest BCUT2D eigenvalue weighted by Crippen LogP contribution is -2.40. The molecule has 0 unspecified atom stereocenters. The van der Waals surface area contributed by atoms with Gasteiger partial charge in [0, 0.05) is 17.2 Å². The van der Waals surface area contributed by atoms with Crippen molar-refractivity contribution in [2.45, 2.75) is 38.1 Å². The Labute approximate surface area is 167 Å². The predicted octanol–water partition coefficient (Wildman–Crippen LogP) is 2.23. The second-order valence-electron chi connectivity index (χ2n) is 7.32. The molecule has 7 heteroatoms. The molecule has 1 heterocycles. The number of fused-ring (bicyclic) bond motifs is 1. The first kappa shape index (κ1) is 18.9. The molecular formula is C22H19N2O5-. The minimum Gasteiger partial charge on any atom is -0.545 e. The zero-order valence-electron chi connectivity index (χ0n) is 15.6. The fourth-order valence-electron chi connectivity index (χ4n) is 4.04. The Morgan fingerprint density at radius 1 is 0.931 bits per heavy atom. The Hall–Kier alpha value is -3.48. The van der Waals surface area contributed by atoms with Crippen molar-refractivity contribution in [1.82, 2.24) is 4.90 Å². The summed E-state index contributed by atoms with van der Waals surface area (Å²) >= 11 is 0. The smallest absolute Gasteiger partial charge is 0.261 e. The quantitative estimate of drug-likeness (QED) is 0.805. The monoisotopic (exact) mass is 391 g/mol. The van der Waals surface area contributed by atoms with Crippen LogP contribution >= 0.6 is 0 Å². The molecule has 2 aliphatic rings. The summed E-state index contributed by atoms with van der Waals surface area (Å²) in [6.07, 6.45) is 4.70. The summed E-state index contributed by atoms with van der Waals surface area (Å²) in [5, 5.41) is 13.7. The van der Waals surface area contributed by atoms with Crippen molar-refractivity contribution in [3.8, 4) is 0 Å². The molecule has 1 aliphatic heterocycles. The number of anilines is 1. The second-order valence-corrected chi connectivity index (χ2v) is 7.32. The van der Waals surface area contributed by atoms with E-state index >= 15 is 0 Å². The van der Waals surface area contributed by atoms with Gasteiger partial charge < -0.3 is 15.2 Å². The molecule has 3 amide bonds. The van der Waals surface area contributed by atoms with Crippen molar-refractivity contribution in [3.05, 3.63) is 64.7 Å². The minimum atomic E-state index is -1.40. The standard InChI is InChI=1S/C22H20N2O5/c25-19(23-18-9-5-4-8-16(18)22(28)29)13-10-11-15-17(12-13)21(27)24(20(15)26)14-6-2-1-3-7-14/h4-5,8-12,14H,1-3,6-7H2,(H,23,25)(H,28,29)/p-1. The van der Waals surface area contributed by atoms with E-state index in [1.54, 1.807) is 6.07 Å². The van der Waals surface area contributed by atoms with Crippen LogP contribution in [0.3, 0.4) is 0 Å². The summed E-state index contributed by atoms with van der Waals surface area (Å²) in [5.74, 6) is -2.66. The van der Waals surface area contributed by atoms with Gasteiger partial charge in [-0.15, -0.1) is 0 Å². The van der Waals surface area contributed by atoms with Crippen molar-refractivity contribution < 1.29 is 24.3 Å². The van der Waals surface area contributed by atoms with Gasteiger partial charge >= 0.3 is 0 Å². The average molecular weight is 391 g/mol. The molecule has 7 nitrogen and oxygen atoms in total. The largest absolute Gasteiger partial charge is 0.545 e. The lowest BCUT2D eigenvalue weighted by Gasteiger charge is -2.29. The molecule has 2 aromatic carbocycles. The number of hydrogen-bond donors (Lipinski definition) is 1. The van der Waals surface area contributed by atoms with E-state index in [0.29, 0.717) is 5.56 Å². The van der Waals surface area contributed by atoms with E-state index in [9.17, 15) is 24.3 Å². The highest BCUT2D eigenvalue weighted by Gasteiger charge is 2.40. The van der Waals surface area contributed by atoms with Crippen LogP contribution in [0.25, 0.3) is 0 Å². The van der Waals surface area contributed by atoms with E-state index in [4.69, 9.17) is 0 Å². The number of imide groups is 1. The molecule has 0 spiro atoms. The van der Waals surface area contributed by atoms with E-state index in [1.165, 1.54) is 41.3 Å². The molecule has 1 N–H and O–H groups in total. The van der Waals surface area contributed by atoms with Crippen LogP contribution in [0.1, 0.15) is 73.5 Å². The van der Waals surface area contributed by atoms with E-state index in [-0.39, 0.29) is 40.2 Å². The van der Waals surface area contributed by atoms with Crippen LogP contribution < -0.4 is 10.4 Å². The lowest BCUT2D eigenvalue weighted by molar-refractivity contribution is -0.254. The second kappa shape index (κ2) is 7.50. The van der Waals surface area contributed by atoms with Crippen LogP contribution in [0.15, 0.2) is 42.5 Å². The fourth-order valence-corrected chi connectivity index (χ4v) is 4.04. The molecule has 0 atom stereocenters. The normalized spacial score (nSPS) is 16.6. The van der Waals surface area contributed by atoms with Crippen LogP contribution in [0.5, 0.6) is 0 Å². The number of carbonyl (C=O) groups excluding carboxylic acids is 4. The number of benzene rings is 2. The van der Waals surface area contributed by atoms with Crippen LogP contribution in [-0.4, -0.2) is 34.6 Å². The first-order chi connectivity index (χ1) is 14.0. The first-order valence-corrected chi connectivity index (χ1v) is 9.61. The molecular weight excluding hydrogens is 372 g/mol. The third-order valence-electron chi connectivity index (χ3n) is 5.52. The van der Waals surface area contributed by atoms with Gasteiger partial charge in [-0.25, -0.2) is 0 Å². The number of carboxylic acid groups (broad SMARTS) is 1. The Morgan fingerprint density at radius 2 is 1.62 bits per heavy atom. The van der Waals surface area contributed by atoms with Crippen molar-refractivity contribution in [1.29, 1.82) is 0 Å². The van der Waals surface area contributed by atoms with Gasteiger partial charge in [0.1, 0.15) is 0 Å². The Balaban J connectivity index is 1.59. The van der Waals surface area contributed by atoms with Gasteiger partial charge in [0.05, 0.1) is 22.8 Å². The Bertz CT molecular complexity index is 1020. The molecule has 1 fully saturated rings. The summed E-state index contributed by atoms with van der Waals surface area (Å²) in [4.78, 5) is 50.8. The molecule has 0 saturated heterocycles. The van der Waals surface area contributed by atoms with Gasteiger partial charge in [-0.3, -0.25) is 19.3 Å². The number of hydrogen-bond acceptors (Lipinski definition) is 5. The molecule has 1 saturated carbocycles. The topological polar surface area (TPSA) is 107 Å². The number of carbonyl (C=O) groups is 4. The third kappa shape index (κ3) is 3.40. The zero-order valence-corrected chi connectivity index (χ0v) is 15.6. The van der Waals surface area contributed by atoms with Gasteiger partial charge in [-0.05, 0) is 37.1 Å². The number of carboxylic acids is 1. The van der Waals surface area contributed by atoms with Gasteiger partial charge in [-0.2, -0.15) is 0 Å². The summed E-state index contributed by atoms with van der Waals surface area (Å²) in [6, 6.07) is 10.2. The SMILES string of the molecule is O=C(Nc1ccccc1C(=O)[O-])c1ccc2c(c1)C(=O)N(C1CCCCC1)C2=O. The molecule has 0 aromatic heterocycles. The minimum absolute atomic E-state index is 0.0941. The number of rotatable bonds is 4. The van der Waals surface area contributed by atoms with Crippen molar-refractivity contribution >= 4 is 29.4 Å². The molecule has 148 valence electrons. The maximum atomic E-state index is 12.9. The molecule has 0 bridgehead atoms. The maximum Gasteiger partial charge on any atom is 0.261 e. The summed E-state index contributed by atoms with van der Waals surface area (Å²) < 4.78 is 0. The van der Waals surface area contributed by atoms with Crippen LogP contribution in [-0.2, 0) is 0 Å². The maximum absolute atomic E-state index is 12.9. The summed E-state index contributed by atoms with van der Waals surface area (Å²) in [6.45, 7) is 0. The van der Waals surface area contributed by atoms with E-state index in [0.717, 1.165) is 32.1 Å². The first-order valence-electron chi connectivity index (χ1n) is 9.61. The van der Waals surface area contributed by atoms with Crippen molar-refractivity contribution in [2.75, 3.05) is 5.32 Å². The van der Waals surface area contributed by atoms with E-state index in [2.05, 4.69) is 5.32 Å². The molecule has 0 radical (unpaired) electrons. The predicted molar refractivity (Wildman–Crippen MR) is 103 cm³/mol. The molecule has 29 heavy (non-hydrogen) atoms. The van der Waals surface area contributed by atoms with Crippen LogP contribution in [0.4, 0.5) is 5.69 Å². The van der Waals surface area contributed by atoms with Gasteiger partial charge in [0.15, 0.2) is 0 Å². The molecule has 4 rings (SSSR count).